The highest BCUT2D eigenvalue weighted by Gasteiger charge is 2.42. The minimum absolute atomic E-state index is 0.0375. The van der Waals surface area contributed by atoms with Gasteiger partial charge in [-0.2, -0.15) is 0 Å². The molecule has 1 fully saturated rings. The summed E-state index contributed by atoms with van der Waals surface area (Å²) in [5.74, 6) is -1.96. The Morgan fingerprint density at radius 1 is 1.33 bits per heavy atom. The van der Waals surface area contributed by atoms with E-state index in [1.165, 1.54) is 41.3 Å². The SMILES string of the molecule is Cc1ccc(-c2cn(C3C(OCc4cscn4)COC(CO)C3O)nn2)c(F)c1F. The van der Waals surface area contributed by atoms with E-state index >= 15 is 0 Å². The van der Waals surface area contributed by atoms with Crippen molar-refractivity contribution in [2.45, 2.75) is 37.9 Å². The maximum Gasteiger partial charge on any atom is 0.168 e. The van der Waals surface area contributed by atoms with Crippen molar-refractivity contribution in [3.63, 3.8) is 0 Å². The number of aliphatic hydroxyl groups excluding tert-OH is 2. The Bertz CT molecular complexity index is 1000. The van der Waals surface area contributed by atoms with Gasteiger partial charge in [0.2, 0.25) is 0 Å². The first-order valence-corrected chi connectivity index (χ1v) is 10.2. The van der Waals surface area contributed by atoms with Gasteiger partial charge in [-0.05, 0) is 18.6 Å². The number of nitrogens with zero attached hydrogens (tertiary/aromatic N) is 4. The van der Waals surface area contributed by atoms with Crippen LogP contribution in [0, 0.1) is 18.6 Å². The summed E-state index contributed by atoms with van der Waals surface area (Å²) in [5, 5.41) is 30.0. The van der Waals surface area contributed by atoms with Crippen molar-refractivity contribution in [3.05, 3.63) is 52.1 Å². The molecule has 2 aromatic heterocycles. The number of aromatic nitrogens is 4. The molecule has 2 N–H and O–H groups in total. The molecule has 0 aliphatic carbocycles. The molecule has 3 heterocycles. The van der Waals surface area contributed by atoms with Crippen LogP contribution in [0.25, 0.3) is 11.3 Å². The van der Waals surface area contributed by atoms with Crippen LogP contribution in [0.5, 0.6) is 0 Å². The van der Waals surface area contributed by atoms with E-state index in [-0.39, 0.29) is 30.0 Å². The molecule has 4 unspecified atom stereocenters. The number of thiazole rings is 1. The predicted octanol–water partition coefficient (Wildman–Crippen LogP) is 1.87. The van der Waals surface area contributed by atoms with Crippen LogP contribution in [0.3, 0.4) is 0 Å². The Hall–Kier alpha value is -2.31. The van der Waals surface area contributed by atoms with E-state index in [2.05, 4.69) is 15.3 Å². The summed E-state index contributed by atoms with van der Waals surface area (Å²) >= 11 is 1.43. The van der Waals surface area contributed by atoms with Gasteiger partial charge < -0.3 is 19.7 Å². The van der Waals surface area contributed by atoms with E-state index in [4.69, 9.17) is 9.47 Å². The Balaban J connectivity index is 1.62. The van der Waals surface area contributed by atoms with Crippen LogP contribution >= 0.6 is 11.3 Å². The van der Waals surface area contributed by atoms with Gasteiger partial charge in [-0.1, -0.05) is 11.3 Å². The topological polar surface area (TPSA) is 103 Å². The largest absolute Gasteiger partial charge is 0.394 e. The molecule has 0 saturated carbocycles. The summed E-state index contributed by atoms with van der Waals surface area (Å²) in [5.41, 5.74) is 2.68. The van der Waals surface area contributed by atoms with E-state index in [1.807, 2.05) is 5.38 Å². The number of rotatable bonds is 6. The number of ether oxygens (including phenoxy) is 2. The molecule has 8 nitrogen and oxygen atoms in total. The monoisotopic (exact) mass is 438 g/mol. The highest BCUT2D eigenvalue weighted by molar-refractivity contribution is 7.07. The zero-order chi connectivity index (χ0) is 21.3. The average molecular weight is 438 g/mol. The van der Waals surface area contributed by atoms with Crippen LogP contribution < -0.4 is 0 Å². The third-order valence-electron chi connectivity index (χ3n) is 5.06. The Labute approximate surface area is 174 Å². The van der Waals surface area contributed by atoms with Crippen LogP contribution in [0.4, 0.5) is 8.78 Å². The standard InChI is InChI=1S/C19H20F2N4O4S/c1-10-2-3-12(17(21)16(10)20)13-4-25(24-23-13)18-15(7-29-14(5-26)19(18)27)28-6-11-8-30-9-22-11/h2-4,8-9,14-15,18-19,26-27H,5-7H2,1H3. The predicted molar refractivity (Wildman–Crippen MR) is 103 cm³/mol. The third-order valence-corrected chi connectivity index (χ3v) is 5.70. The lowest BCUT2D eigenvalue weighted by molar-refractivity contribution is -0.184. The van der Waals surface area contributed by atoms with E-state index in [0.717, 1.165) is 5.69 Å². The van der Waals surface area contributed by atoms with E-state index < -0.39 is 42.6 Å². The molecule has 0 spiro atoms. The normalized spacial score (nSPS) is 24.3. The summed E-state index contributed by atoms with van der Waals surface area (Å²) in [6.07, 6.45) is -1.20. The fourth-order valence-electron chi connectivity index (χ4n) is 3.38. The van der Waals surface area contributed by atoms with Crippen LogP contribution in [0.2, 0.25) is 0 Å². The second-order valence-corrected chi connectivity index (χ2v) is 7.73. The van der Waals surface area contributed by atoms with Crippen molar-refractivity contribution in [1.29, 1.82) is 0 Å². The quantitative estimate of drug-likeness (QED) is 0.606. The Morgan fingerprint density at radius 2 is 2.17 bits per heavy atom. The molecule has 1 aromatic carbocycles. The molecular weight excluding hydrogens is 418 g/mol. The maximum atomic E-state index is 14.4. The van der Waals surface area contributed by atoms with Crippen molar-refractivity contribution >= 4 is 11.3 Å². The first-order valence-electron chi connectivity index (χ1n) is 9.25. The lowest BCUT2D eigenvalue weighted by Crippen LogP contribution is -2.52. The van der Waals surface area contributed by atoms with Gasteiger partial charge in [-0.3, -0.25) is 0 Å². The number of hydrogen-bond acceptors (Lipinski definition) is 8. The highest BCUT2D eigenvalue weighted by Crippen LogP contribution is 2.31. The molecule has 1 saturated heterocycles. The zero-order valence-electron chi connectivity index (χ0n) is 16.0. The van der Waals surface area contributed by atoms with E-state index in [0.29, 0.717) is 0 Å². The lowest BCUT2D eigenvalue weighted by Gasteiger charge is -2.39. The zero-order valence-corrected chi connectivity index (χ0v) is 16.8. The van der Waals surface area contributed by atoms with Gasteiger partial charge in [-0.15, -0.1) is 16.4 Å². The van der Waals surface area contributed by atoms with Crippen molar-refractivity contribution in [2.24, 2.45) is 0 Å². The summed E-state index contributed by atoms with van der Waals surface area (Å²) in [6.45, 7) is 1.37. The molecule has 1 aliphatic heterocycles. The van der Waals surface area contributed by atoms with Crippen molar-refractivity contribution in [2.75, 3.05) is 13.2 Å². The third kappa shape index (κ3) is 3.98. The van der Waals surface area contributed by atoms with Gasteiger partial charge in [0.25, 0.3) is 0 Å². The summed E-state index contributed by atoms with van der Waals surface area (Å²) in [4.78, 5) is 4.16. The summed E-state index contributed by atoms with van der Waals surface area (Å²) in [7, 11) is 0. The number of benzene rings is 1. The fourth-order valence-corrected chi connectivity index (χ4v) is 3.92. The molecule has 4 rings (SSSR count). The van der Waals surface area contributed by atoms with Gasteiger partial charge >= 0.3 is 0 Å². The second-order valence-electron chi connectivity index (χ2n) is 7.01. The smallest absolute Gasteiger partial charge is 0.168 e. The van der Waals surface area contributed by atoms with E-state index in [9.17, 15) is 19.0 Å². The summed E-state index contributed by atoms with van der Waals surface area (Å²) < 4.78 is 41.0. The van der Waals surface area contributed by atoms with Crippen molar-refractivity contribution < 1.29 is 28.5 Å². The number of hydrogen-bond donors (Lipinski definition) is 2. The van der Waals surface area contributed by atoms with Crippen LogP contribution in [-0.2, 0) is 16.1 Å². The molecule has 1 aliphatic rings. The fraction of sp³-hybridized carbons (Fsp3) is 0.421. The van der Waals surface area contributed by atoms with Gasteiger partial charge in [0.15, 0.2) is 11.6 Å². The van der Waals surface area contributed by atoms with Gasteiger partial charge in [-0.25, -0.2) is 18.4 Å². The minimum Gasteiger partial charge on any atom is -0.394 e. The van der Waals surface area contributed by atoms with Gasteiger partial charge in [0, 0.05) is 10.9 Å². The summed E-state index contributed by atoms with van der Waals surface area (Å²) in [6, 6.07) is 2.13. The second kappa shape index (κ2) is 8.82. The van der Waals surface area contributed by atoms with E-state index in [1.54, 1.807) is 5.51 Å². The van der Waals surface area contributed by atoms with Crippen molar-refractivity contribution in [3.8, 4) is 11.3 Å². The van der Waals surface area contributed by atoms with Crippen LogP contribution in [-0.4, -0.2) is 61.7 Å². The van der Waals surface area contributed by atoms with Crippen LogP contribution in [0.15, 0.2) is 29.2 Å². The number of aryl methyl sites for hydroxylation is 1. The minimum atomic E-state index is -1.15. The molecule has 30 heavy (non-hydrogen) atoms. The number of aliphatic hydroxyl groups is 2. The highest BCUT2D eigenvalue weighted by atomic mass is 32.1. The molecule has 11 heteroatoms. The van der Waals surface area contributed by atoms with Gasteiger partial charge in [0.05, 0.1) is 37.2 Å². The molecular formula is C19H20F2N4O4S. The average Bonchev–Trinajstić information content (AvgIpc) is 3.43. The lowest BCUT2D eigenvalue weighted by atomic mass is 9.97. The Kier molecular flexibility index (Phi) is 6.16. The maximum absolute atomic E-state index is 14.4. The molecule has 4 atom stereocenters. The molecule has 0 amide bonds. The van der Waals surface area contributed by atoms with Gasteiger partial charge in [0.1, 0.15) is 30.0 Å². The van der Waals surface area contributed by atoms with Crippen molar-refractivity contribution in [1.82, 2.24) is 20.0 Å². The molecule has 0 bridgehead atoms. The number of halogens is 2. The molecule has 160 valence electrons. The molecule has 3 aromatic rings. The molecule has 0 radical (unpaired) electrons. The van der Waals surface area contributed by atoms with Crippen LogP contribution in [0.1, 0.15) is 17.3 Å². The first-order chi connectivity index (χ1) is 14.5. The first kappa shape index (κ1) is 20.9. The Morgan fingerprint density at radius 3 is 2.90 bits per heavy atom.